The summed E-state index contributed by atoms with van der Waals surface area (Å²) in [4.78, 5) is 18.2. The molecular formula is C13H21N3O3. The summed E-state index contributed by atoms with van der Waals surface area (Å²) in [6.45, 7) is 3.47. The van der Waals surface area contributed by atoms with E-state index in [1.807, 2.05) is 0 Å². The van der Waals surface area contributed by atoms with E-state index in [1.165, 1.54) is 7.11 Å². The van der Waals surface area contributed by atoms with Crippen molar-refractivity contribution in [2.24, 2.45) is 0 Å². The third kappa shape index (κ3) is 3.53. The van der Waals surface area contributed by atoms with E-state index in [0.29, 0.717) is 12.4 Å². The summed E-state index contributed by atoms with van der Waals surface area (Å²) in [6, 6.07) is -0.180. The van der Waals surface area contributed by atoms with Crippen molar-refractivity contribution in [3.05, 3.63) is 11.7 Å². The van der Waals surface area contributed by atoms with Crippen molar-refractivity contribution in [1.82, 2.24) is 15.0 Å². The largest absolute Gasteiger partial charge is 0.468 e. The Kier molecular flexibility index (Phi) is 4.90. The highest BCUT2D eigenvalue weighted by molar-refractivity contribution is 5.75. The number of nitrogens with zero attached hydrogens (tertiary/aromatic N) is 3. The van der Waals surface area contributed by atoms with Gasteiger partial charge in [-0.05, 0) is 25.8 Å². The minimum atomic E-state index is -0.180. The second-order valence-electron chi connectivity index (χ2n) is 4.86. The van der Waals surface area contributed by atoms with Gasteiger partial charge in [-0.3, -0.25) is 9.69 Å². The second-order valence-corrected chi connectivity index (χ2v) is 4.86. The van der Waals surface area contributed by atoms with Crippen LogP contribution in [0.5, 0.6) is 0 Å². The lowest BCUT2D eigenvalue weighted by molar-refractivity contribution is -0.148. The number of aryl methyl sites for hydroxylation is 1. The lowest BCUT2D eigenvalue weighted by Crippen LogP contribution is -2.44. The minimum absolute atomic E-state index is 0.173. The average Bonchev–Trinajstić information content (AvgIpc) is 2.86. The van der Waals surface area contributed by atoms with E-state index >= 15 is 0 Å². The van der Waals surface area contributed by atoms with E-state index < -0.39 is 0 Å². The molecule has 1 aliphatic rings. The highest BCUT2D eigenvalue weighted by atomic mass is 16.5. The summed E-state index contributed by atoms with van der Waals surface area (Å²) in [5.41, 5.74) is 0. The molecule has 2 heterocycles. The lowest BCUT2D eigenvalue weighted by atomic mass is 10.0. The molecule has 0 bridgehead atoms. The fourth-order valence-electron chi connectivity index (χ4n) is 2.44. The highest BCUT2D eigenvalue weighted by Gasteiger charge is 2.30. The Bertz CT molecular complexity index is 419. The molecule has 1 aromatic rings. The first-order chi connectivity index (χ1) is 9.24. The maximum Gasteiger partial charge on any atom is 0.323 e. The molecule has 1 aromatic heterocycles. The summed E-state index contributed by atoms with van der Waals surface area (Å²) in [7, 11) is 1.43. The molecule has 6 heteroatoms. The number of carbonyl (C=O) groups is 1. The monoisotopic (exact) mass is 267 g/mol. The van der Waals surface area contributed by atoms with Gasteiger partial charge in [-0.15, -0.1) is 0 Å². The smallest absolute Gasteiger partial charge is 0.323 e. The molecule has 0 radical (unpaired) electrons. The number of esters is 1. The Balaban J connectivity index is 2.00. The topological polar surface area (TPSA) is 68.5 Å². The molecule has 6 nitrogen and oxygen atoms in total. The molecule has 1 saturated heterocycles. The molecule has 106 valence electrons. The molecule has 1 aliphatic heterocycles. The van der Waals surface area contributed by atoms with E-state index in [9.17, 15) is 4.79 Å². The molecule has 2 rings (SSSR count). The van der Waals surface area contributed by atoms with Crippen molar-refractivity contribution in [3.8, 4) is 0 Å². The van der Waals surface area contributed by atoms with Gasteiger partial charge < -0.3 is 9.26 Å². The zero-order valence-electron chi connectivity index (χ0n) is 11.6. The molecule has 0 N–H and O–H groups in total. The van der Waals surface area contributed by atoms with Gasteiger partial charge in [0.25, 0.3) is 0 Å². The standard InChI is InChI=1S/C13H21N3O3/c1-3-6-11-14-12(19-15-11)9-16-8-5-4-7-10(16)13(17)18-2/h10H,3-9H2,1-2H3. The maximum atomic E-state index is 11.7. The second kappa shape index (κ2) is 6.65. The van der Waals surface area contributed by atoms with Gasteiger partial charge in [0, 0.05) is 6.42 Å². The van der Waals surface area contributed by atoms with Crippen molar-refractivity contribution in [2.45, 2.75) is 51.6 Å². The van der Waals surface area contributed by atoms with Gasteiger partial charge >= 0.3 is 5.97 Å². The number of hydrogen-bond acceptors (Lipinski definition) is 6. The Morgan fingerprint density at radius 1 is 1.53 bits per heavy atom. The van der Waals surface area contributed by atoms with Crippen LogP contribution in [0.3, 0.4) is 0 Å². The summed E-state index contributed by atoms with van der Waals surface area (Å²) in [5.74, 6) is 1.15. The van der Waals surface area contributed by atoms with Gasteiger partial charge in [-0.25, -0.2) is 0 Å². The van der Waals surface area contributed by atoms with Crippen molar-refractivity contribution in [1.29, 1.82) is 0 Å². The van der Waals surface area contributed by atoms with E-state index in [0.717, 1.165) is 44.5 Å². The fraction of sp³-hybridized carbons (Fsp3) is 0.769. The molecule has 19 heavy (non-hydrogen) atoms. The van der Waals surface area contributed by atoms with Crippen molar-refractivity contribution >= 4 is 5.97 Å². The zero-order chi connectivity index (χ0) is 13.7. The number of aromatic nitrogens is 2. The zero-order valence-corrected chi connectivity index (χ0v) is 11.6. The average molecular weight is 267 g/mol. The molecule has 0 aliphatic carbocycles. The van der Waals surface area contributed by atoms with Crippen LogP contribution in [0.1, 0.15) is 44.3 Å². The molecular weight excluding hydrogens is 246 g/mol. The Labute approximate surface area is 113 Å². The third-order valence-corrected chi connectivity index (χ3v) is 3.41. The molecule has 1 unspecified atom stereocenters. The van der Waals surface area contributed by atoms with Gasteiger partial charge in [-0.1, -0.05) is 18.5 Å². The number of ether oxygens (including phenoxy) is 1. The van der Waals surface area contributed by atoms with E-state index in [1.54, 1.807) is 0 Å². The molecule has 0 aromatic carbocycles. The number of methoxy groups -OCH3 is 1. The molecule has 1 atom stereocenters. The summed E-state index contributed by atoms with van der Waals surface area (Å²) < 4.78 is 10.1. The van der Waals surface area contributed by atoms with E-state index in [4.69, 9.17) is 9.26 Å². The maximum absolute atomic E-state index is 11.7. The van der Waals surface area contributed by atoms with E-state index in [-0.39, 0.29) is 12.0 Å². The summed E-state index contributed by atoms with van der Waals surface area (Å²) in [6.07, 6.45) is 4.80. The van der Waals surface area contributed by atoms with Crippen LogP contribution in [-0.4, -0.2) is 40.7 Å². The van der Waals surface area contributed by atoms with Gasteiger partial charge in [-0.2, -0.15) is 4.98 Å². The van der Waals surface area contributed by atoms with Gasteiger partial charge in [0.05, 0.1) is 13.7 Å². The fourth-order valence-corrected chi connectivity index (χ4v) is 2.44. The van der Waals surface area contributed by atoms with Crippen LogP contribution in [0.15, 0.2) is 4.52 Å². The molecule has 0 amide bonds. The van der Waals surface area contributed by atoms with Gasteiger partial charge in [0.1, 0.15) is 6.04 Å². The van der Waals surface area contributed by atoms with Crippen molar-refractivity contribution in [3.63, 3.8) is 0 Å². The molecule has 1 fully saturated rings. The third-order valence-electron chi connectivity index (χ3n) is 3.41. The molecule has 0 spiro atoms. The quantitative estimate of drug-likeness (QED) is 0.754. The van der Waals surface area contributed by atoms with Crippen LogP contribution in [0.2, 0.25) is 0 Å². The Hall–Kier alpha value is -1.43. The van der Waals surface area contributed by atoms with Crippen LogP contribution >= 0.6 is 0 Å². The predicted octanol–water partition coefficient (Wildman–Crippen LogP) is 1.55. The first-order valence-electron chi connectivity index (χ1n) is 6.88. The minimum Gasteiger partial charge on any atom is -0.468 e. The number of carbonyl (C=O) groups excluding carboxylic acids is 1. The number of piperidine rings is 1. The normalized spacial score (nSPS) is 20.4. The number of likely N-dealkylation sites (tertiary alicyclic amines) is 1. The van der Waals surface area contributed by atoms with Crippen molar-refractivity contribution in [2.75, 3.05) is 13.7 Å². The Morgan fingerprint density at radius 3 is 3.11 bits per heavy atom. The highest BCUT2D eigenvalue weighted by Crippen LogP contribution is 2.20. The predicted molar refractivity (Wildman–Crippen MR) is 68.4 cm³/mol. The summed E-state index contributed by atoms with van der Waals surface area (Å²) >= 11 is 0. The first-order valence-corrected chi connectivity index (χ1v) is 6.88. The van der Waals surface area contributed by atoms with Gasteiger partial charge in [0.2, 0.25) is 5.89 Å². The van der Waals surface area contributed by atoms with Crippen LogP contribution in [0.25, 0.3) is 0 Å². The summed E-state index contributed by atoms with van der Waals surface area (Å²) in [5, 5.41) is 3.93. The Morgan fingerprint density at radius 2 is 2.37 bits per heavy atom. The first kappa shape index (κ1) is 14.0. The van der Waals surface area contributed by atoms with Crippen LogP contribution in [-0.2, 0) is 22.5 Å². The van der Waals surface area contributed by atoms with Gasteiger partial charge in [0.15, 0.2) is 5.82 Å². The van der Waals surface area contributed by atoms with Crippen molar-refractivity contribution < 1.29 is 14.1 Å². The molecule has 0 saturated carbocycles. The SMILES string of the molecule is CCCc1noc(CN2CCCCC2C(=O)OC)n1. The van der Waals surface area contributed by atoms with Crippen LogP contribution < -0.4 is 0 Å². The van der Waals surface area contributed by atoms with E-state index in [2.05, 4.69) is 22.0 Å². The number of rotatable bonds is 5. The lowest BCUT2D eigenvalue weighted by Gasteiger charge is -2.32. The van der Waals surface area contributed by atoms with Crippen LogP contribution in [0.4, 0.5) is 0 Å². The number of hydrogen-bond donors (Lipinski definition) is 0. The van der Waals surface area contributed by atoms with Crippen LogP contribution in [0, 0.1) is 0 Å².